The third-order valence-corrected chi connectivity index (χ3v) is 10.9. The molecule has 0 unspecified atom stereocenters. The lowest BCUT2D eigenvalue weighted by molar-refractivity contribution is -0.363. The van der Waals surface area contributed by atoms with Gasteiger partial charge in [-0.15, -0.1) is 0 Å². The molecule has 51 heavy (non-hydrogen) atoms. The topological polar surface area (TPSA) is 77.5 Å². The molecular weight excluding hydrogens is 643 g/mol. The van der Waals surface area contributed by atoms with Crippen molar-refractivity contribution in [3.05, 3.63) is 52.5 Å². The second kappa shape index (κ2) is 22.5. The molecule has 0 bridgehead atoms. The zero-order valence-electron chi connectivity index (χ0n) is 32.8. The number of carbonyl (C=O) groups is 1. The molecule has 3 rings (SSSR count). The SMILES string of the molecule is CCCCCCCCCCCCC/C=C/[C@@H](O)[C@H](CO)NC(=O)CCCCCCCCCCC1=C2C(C)=CC(C)=[N+]2[B-](F)(F)n2c(C)cc(C)c21. The minimum Gasteiger partial charge on any atom is -0.394 e. The van der Waals surface area contributed by atoms with Crippen LogP contribution in [0.4, 0.5) is 8.63 Å². The lowest BCUT2D eigenvalue weighted by Crippen LogP contribution is -2.51. The Labute approximate surface area is 308 Å². The van der Waals surface area contributed by atoms with Gasteiger partial charge in [0.1, 0.15) is 5.71 Å². The summed E-state index contributed by atoms with van der Waals surface area (Å²) >= 11 is 0. The summed E-state index contributed by atoms with van der Waals surface area (Å²) in [4.78, 5) is 12.5. The molecule has 0 saturated heterocycles. The monoisotopic (exact) mass is 714 g/mol. The number of aromatic nitrogens is 1. The number of hydrogen-bond acceptors (Lipinski definition) is 3. The molecule has 1 amide bonds. The van der Waals surface area contributed by atoms with E-state index < -0.39 is 19.1 Å². The van der Waals surface area contributed by atoms with Crippen LogP contribution in [0.1, 0.15) is 179 Å². The first kappa shape index (κ1) is 42.9. The highest BCUT2D eigenvalue weighted by atomic mass is 19.2. The quantitative estimate of drug-likeness (QED) is 0.0483. The second-order valence-electron chi connectivity index (χ2n) is 15.4. The standard InChI is InChI=1S/C42H70BF2N3O3/c1-6-7-8-9-10-11-12-13-14-15-19-22-25-28-39(50)38(32-49)46-40(51)29-26-23-20-17-16-18-21-24-27-37-41-33(2)30-35(4)47(41)43(44,45)48-36(5)31-34(3)42(37)48/h25,28,30-31,38-39,49-50H,6-24,26-27,29,32H2,1-5H3,(H,46,51)/b28-25+/t38-,39+/m0/s1. The van der Waals surface area contributed by atoms with E-state index in [1.54, 1.807) is 19.9 Å². The number of aliphatic hydroxyl groups excluding tert-OH is 2. The number of allylic oxidation sites excluding steroid dienone is 4. The van der Waals surface area contributed by atoms with Crippen LogP contribution in [0.3, 0.4) is 0 Å². The number of rotatable bonds is 27. The van der Waals surface area contributed by atoms with Crippen molar-refractivity contribution in [1.82, 2.24) is 9.79 Å². The summed E-state index contributed by atoms with van der Waals surface area (Å²) in [6.07, 6.45) is 29.3. The number of nitrogens with one attached hydrogen (secondary N) is 1. The Kier molecular flexibility index (Phi) is 18.9. The zero-order chi connectivity index (χ0) is 37.2. The fraction of sp³-hybridized carbons (Fsp3) is 0.714. The zero-order valence-corrected chi connectivity index (χ0v) is 32.8. The molecule has 2 aliphatic rings. The Balaban J connectivity index is 1.24. The summed E-state index contributed by atoms with van der Waals surface area (Å²) in [5.74, 6) is -0.126. The first-order valence-corrected chi connectivity index (χ1v) is 20.5. The van der Waals surface area contributed by atoms with Crippen molar-refractivity contribution >= 4 is 24.2 Å². The molecule has 0 saturated carbocycles. The van der Waals surface area contributed by atoms with Crippen molar-refractivity contribution in [2.24, 2.45) is 0 Å². The lowest BCUT2D eigenvalue weighted by Gasteiger charge is -2.34. The smallest absolute Gasteiger partial charge is 0.394 e. The molecule has 0 spiro atoms. The van der Waals surface area contributed by atoms with Gasteiger partial charge in [-0.05, 0) is 70.2 Å². The number of unbranched alkanes of at least 4 members (excludes halogenated alkanes) is 18. The largest absolute Gasteiger partial charge is 0.737 e. The van der Waals surface area contributed by atoms with Gasteiger partial charge in [-0.3, -0.25) is 4.79 Å². The molecule has 6 nitrogen and oxygen atoms in total. The van der Waals surface area contributed by atoms with Gasteiger partial charge in [-0.25, -0.2) is 0 Å². The van der Waals surface area contributed by atoms with E-state index in [1.165, 1.54) is 73.2 Å². The van der Waals surface area contributed by atoms with E-state index in [2.05, 4.69) is 12.2 Å². The third kappa shape index (κ3) is 12.8. The Bertz CT molecular complexity index is 1360. The van der Waals surface area contributed by atoms with E-state index in [1.807, 2.05) is 32.1 Å². The first-order valence-electron chi connectivity index (χ1n) is 20.5. The number of aliphatic hydroxyl groups is 2. The summed E-state index contributed by atoms with van der Waals surface area (Å²) in [6, 6.07) is 1.21. The van der Waals surface area contributed by atoms with Crippen molar-refractivity contribution in [2.45, 2.75) is 188 Å². The number of carbonyl (C=O) groups excluding carboxylic acids is 1. The van der Waals surface area contributed by atoms with Crippen LogP contribution in [0.25, 0.3) is 5.57 Å². The molecule has 3 N–H and O–H groups in total. The van der Waals surface area contributed by atoms with Crippen molar-refractivity contribution in [2.75, 3.05) is 6.61 Å². The number of halogens is 2. The van der Waals surface area contributed by atoms with Crippen molar-refractivity contribution in [3.8, 4) is 0 Å². The van der Waals surface area contributed by atoms with E-state index in [0.717, 1.165) is 87.3 Å². The number of fused-ring (bicyclic) bond motifs is 2. The molecule has 0 radical (unpaired) electrons. The van der Waals surface area contributed by atoms with Crippen LogP contribution < -0.4 is 5.32 Å². The van der Waals surface area contributed by atoms with Gasteiger partial charge >= 0.3 is 6.97 Å². The van der Waals surface area contributed by atoms with Gasteiger partial charge in [-0.2, -0.15) is 0 Å². The highest BCUT2D eigenvalue weighted by molar-refractivity contribution is 6.58. The fourth-order valence-electron chi connectivity index (χ4n) is 8.13. The molecule has 2 atom stereocenters. The first-order chi connectivity index (χ1) is 24.5. The molecule has 1 aromatic rings. The average Bonchev–Trinajstić information content (AvgIpc) is 3.58. The highest BCUT2D eigenvalue weighted by Gasteiger charge is 2.54. The van der Waals surface area contributed by atoms with Crippen LogP contribution in [0.5, 0.6) is 0 Å². The van der Waals surface area contributed by atoms with Crippen LogP contribution in [-0.2, 0) is 4.79 Å². The van der Waals surface area contributed by atoms with Crippen LogP contribution in [0, 0.1) is 13.8 Å². The molecule has 9 heteroatoms. The highest BCUT2D eigenvalue weighted by Crippen LogP contribution is 2.43. The number of nitrogens with zero attached hydrogens (tertiary/aromatic N) is 2. The molecule has 1 aromatic heterocycles. The number of aryl methyl sites for hydroxylation is 2. The molecule has 0 aromatic carbocycles. The van der Waals surface area contributed by atoms with Crippen LogP contribution in [0.2, 0.25) is 0 Å². The van der Waals surface area contributed by atoms with E-state index >= 15 is 8.63 Å². The van der Waals surface area contributed by atoms with Gasteiger partial charge in [0, 0.05) is 36.3 Å². The van der Waals surface area contributed by atoms with Crippen molar-refractivity contribution in [1.29, 1.82) is 0 Å². The number of hydrogen-bond donors (Lipinski definition) is 3. The third-order valence-electron chi connectivity index (χ3n) is 10.9. The van der Waals surface area contributed by atoms with Gasteiger partial charge in [-0.1, -0.05) is 122 Å². The lowest BCUT2D eigenvalue weighted by atomic mass is 9.84. The van der Waals surface area contributed by atoms with Crippen LogP contribution in [0.15, 0.2) is 35.6 Å². The predicted octanol–water partition coefficient (Wildman–Crippen LogP) is 10.5. The average molecular weight is 714 g/mol. The van der Waals surface area contributed by atoms with E-state index in [0.29, 0.717) is 29.2 Å². The van der Waals surface area contributed by atoms with E-state index in [4.69, 9.17) is 0 Å². The summed E-state index contributed by atoms with van der Waals surface area (Å²) in [6.45, 7) is 5.51. The Morgan fingerprint density at radius 1 is 0.863 bits per heavy atom. The molecule has 3 heterocycles. The van der Waals surface area contributed by atoms with Gasteiger partial charge in [0.25, 0.3) is 0 Å². The van der Waals surface area contributed by atoms with Gasteiger partial charge in [0.05, 0.1) is 18.8 Å². The maximum Gasteiger partial charge on any atom is 0.737 e. The van der Waals surface area contributed by atoms with E-state index in [9.17, 15) is 15.0 Å². The molecule has 0 fully saturated rings. The Hall–Kier alpha value is -2.52. The summed E-state index contributed by atoms with van der Waals surface area (Å²) in [7, 11) is 0. The second-order valence-corrected chi connectivity index (χ2v) is 15.4. The van der Waals surface area contributed by atoms with Gasteiger partial charge in [0.15, 0.2) is 5.70 Å². The maximum atomic E-state index is 15.7. The summed E-state index contributed by atoms with van der Waals surface area (Å²) in [5, 5.41) is 23.0. The normalized spacial score (nSPS) is 16.5. The summed E-state index contributed by atoms with van der Waals surface area (Å²) < 4.78 is 34.0. The molecule has 0 aliphatic carbocycles. The van der Waals surface area contributed by atoms with Crippen LogP contribution >= 0.6 is 0 Å². The van der Waals surface area contributed by atoms with E-state index in [-0.39, 0.29) is 12.5 Å². The van der Waals surface area contributed by atoms with Gasteiger partial charge in [0.2, 0.25) is 5.91 Å². The molecule has 288 valence electrons. The maximum absolute atomic E-state index is 15.7. The van der Waals surface area contributed by atoms with Crippen molar-refractivity contribution < 1.29 is 28.1 Å². The Morgan fingerprint density at radius 2 is 1.41 bits per heavy atom. The minimum absolute atomic E-state index is 0.126. The number of amides is 1. The predicted molar refractivity (Wildman–Crippen MR) is 210 cm³/mol. The van der Waals surface area contributed by atoms with Crippen molar-refractivity contribution in [3.63, 3.8) is 0 Å². The molecular formula is C42H70BF2N3O3. The molecule has 2 aliphatic heterocycles. The fourth-order valence-corrected chi connectivity index (χ4v) is 8.13. The minimum atomic E-state index is -3.91. The van der Waals surface area contributed by atoms with Gasteiger partial charge < -0.3 is 33.1 Å². The van der Waals surface area contributed by atoms with Crippen LogP contribution in [-0.4, -0.2) is 56.5 Å². The summed E-state index contributed by atoms with van der Waals surface area (Å²) in [5.41, 5.74) is 5.54. The Morgan fingerprint density at radius 3 is 2.00 bits per heavy atom.